The van der Waals surface area contributed by atoms with Crippen molar-refractivity contribution in [2.75, 3.05) is 17.2 Å². The van der Waals surface area contributed by atoms with Gasteiger partial charge in [-0.1, -0.05) is 24.6 Å². The summed E-state index contributed by atoms with van der Waals surface area (Å²) in [7, 11) is 0. The highest BCUT2D eigenvalue weighted by Gasteiger charge is 2.16. The molecule has 0 aliphatic carbocycles. The van der Waals surface area contributed by atoms with Gasteiger partial charge >= 0.3 is 0 Å². The quantitative estimate of drug-likeness (QED) is 0.722. The summed E-state index contributed by atoms with van der Waals surface area (Å²) in [6.07, 6.45) is 1.12. The molecule has 0 bridgehead atoms. The fourth-order valence-corrected chi connectivity index (χ4v) is 1.81. The van der Waals surface area contributed by atoms with Crippen LogP contribution in [0, 0.1) is 0 Å². The summed E-state index contributed by atoms with van der Waals surface area (Å²) in [5.41, 5.74) is 2.15. The molecule has 0 spiro atoms. The number of benzene rings is 1. The molecular formula is C10H13ClN2. The average Bonchev–Trinajstić information content (AvgIpc) is 2.18. The molecule has 0 radical (unpaired) electrons. The van der Waals surface area contributed by atoms with Gasteiger partial charge < -0.3 is 10.6 Å². The van der Waals surface area contributed by atoms with Crippen molar-refractivity contribution in [2.45, 2.75) is 19.4 Å². The molecule has 1 aromatic rings. The van der Waals surface area contributed by atoms with E-state index in [1.54, 1.807) is 0 Å². The SMILES string of the molecule is CCC1CNc2c(Cl)cccc2N1. The molecular weight excluding hydrogens is 184 g/mol. The van der Waals surface area contributed by atoms with Gasteiger partial charge in [-0.2, -0.15) is 0 Å². The van der Waals surface area contributed by atoms with Crippen molar-refractivity contribution >= 4 is 23.0 Å². The molecule has 2 rings (SSSR count). The maximum atomic E-state index is 6.03. The first-order chi connectivity index (χ1) is 6.31. The van der Waals surface area contributed by atoms with Gasteiger partial charge in [0.2, 0.25) is 0 Å². The fraction of sp³-hybridized carbons (Fsp3) is 0.400. The Balaban J connectivity index is 2.31. The van der Waals surface area contributed by atoms with Crippen molar-refractivity contribution in [3.8, 4) is 0 Å². The highest BCUT2D eigenvalue weighted by atomic mass is 35.5. The molecule has 1 aliphatic heterocycles. The third kappa shape index (κ3) is 1.59. The number of rotatable bonds is 1. The van der Waals surface area contributed by atoms with E-state index in [0.29, 0.717) is 6.04 Å². The number of halogens is 1. The number of hydrogen-bond donors (Lipinski definition) is 2. The van der Waals surface area contributed by atoms with Crippen LogP contribution in [0.1, 0.15) is 13.3 Å². The van der Waals surface area contributed by atoms with Crippen molar-refractivity contribution in [2.24, 2.45) is 0 Å². The van der Waals surface area contributed by atoms with Crippen LogP contribution in [0.5, 0.6) is 0 Å². The van der Waals surface area contributed by atoms with E-state index >= 15 is 0 Å². The summed E-state index contributed by atoms with van der Waals surface area (Å²) in [6.45, 7) is 3.13. The standard InChI is InChI=1S/C10H13ClN2/c1-2-7-6-12-10-8(11)4-3-5-9(10)13-7/h3-5,7,12-13H,2,6H2,1H3. The third-order valence-corrected chi connectivity index (χ3v) is 2.71. The highest BCUT2D eigenvalue weighted by molar-refractivity contribution is 6.34. The largest absolute Gasteiger partial charge is 0.380 e. The van der Waals surface area contributed by atoms with Crippen LogP contribution in [0.3, 0.4) is 0 Å². The van der Waals surface area contributed by atoms with E-state index in [9.17, 15) is 0 Å². The topological polar surface area (TPSA) is 24.1 Å². The van der Waals surface area contributed by atoms with E-state index in [0.717, 1.165) is 29.4 Å². The Hall–Kier alpha value is -0.890. The van der Waals surface area contributed by atoms with Crippen molar-refractivity contribution in [3.05, 3.63) is 23.2 Å². The monoisotopic (exact) mass is 196 g/mol. The fourth-order valence-electron chi connectivity index (χ4n) is 1.57. The van der Waals surface area contributed by atoms with Crippen LogP contribution in [-0.4, -0.2) is 12.6 Å². The zero-order valence-corrected chi connectivity index (χ0v) is 8.36. The van der Waals surface area contributed by atoms with Crippen LogP contribution in [0.4, 0.5) is 11.4 Å². The maximum absolute atomic E-state index is 6.03. The number of para-hydroxylation sites is 1. The summed E-state index contributed by atoms with van der Waals surface area (Å²) in [4.78, 5) is 0. The minimum Gasteiger partial charge on any atom is -0.380 e. The summed E-state index contributed by atoms with van der Waals surface area (Å²) in [5.74, 6) is 0. The van der Waals surface area contributed by atoms with Gasteiger partial charge in [-0.05, 0) is 18.6 Å². The molecule has 0 fully saturated rings. The molecule has 1 aliphatic rings. The number of hydrogen-bond acceptors (Lipinski definition) is 2. The van der Waals surface area contributed by atoms with Crippen molar-refractivity contribution in [1.82, 2.24) is 0 Å². The number of anilines is 2. The lowest BCUT2D eigenvalue weighted by molar-refractivity contribution is 0.713. The molecule has 0 saturated heterocycles. The first-order valence-electron chi connectivity index (χ1n) is 4.60. The van der Waals surface area contributed by atoms with Crippen molar-refractivity contribution in [1.29, 1.82) is 0 Å². The van der Waals surface area contributed by atoms with E-state index in [2.05, 4.69) is 23.6 Å². The zero-order chi connectivity index (χ0) is 9.26. The molecule has 1 unspecified atom stereocenters. The first kappa shape index (κ1) is 8.70. The second-order valence-electron chi connectivity index (χ2n) is 3.29. The van der Waals surface area contributed by atoms with Crippen LogP contribution in [0.2, 0.25) is 5.02 Å². The van der Waals surface area contributed by atoms with Crippen LogP contribution < -0.4 is 10.6 Å². The Morgan fingerprint density at radius 3 is 3.15 bits per heavy atom. The Morgan fingerprint density at radius 1 is 1.54 bits per heavy atom. The predicted molar refractivity (Wildman–Crippen MR) is 57.6 cm³/mol. The van der Waals surface area contributed by atoms with E-state index in [-0.39, 0.29) is 0 Å². The van der Waals surface area contributed by atoms with Crippen LogP contribution in [0.15, 0.2) is 18.2 Å². The van der Waals surface area contributed by atoms with Gasteiger partial charge in [-0.3, -0.25) is 0 Å². The second-order valence-corrected chi connectivity index (χ2v) is 3.70. The van der Waals surface area contributed by atoms with Gasteiger partial charge in [-0.15, -0.1) is 0 Å². The Kier molecular flexibility index (Phi) is 2.32. The zero-order valence-electron chi connectivity index (χ0n) is 7.60. The lowest BCUT2D eigenvalue weighted by Gasteiger charge is -2.28. The van der Waals surface area contributed by atoms with Gasteiger partial charge in [0.1, 0.15) is 0 Å². The van der Waals surface area contributed by atoms with Gasteiger partial charge in [0.15, 0.2) is 0 Å². The van der Waals surface area contributed by atoms with E-state index in [4.69, 9.17) is 11.6 Å². The predicted octanol–water partition coefficient (Wildman–Crippen LogP) is 2.96. The van der Waals surface area contributed by atoms with Crippen LogP contribution in [0.25, 0.3) is 0 Å². The van der Waals surface area contributed by atoms with Gasteiger partial charge in [0.25, 0.3) is 0 Å². The average molecular weight is 197 g/mol. The number of nitrogens with one attached hydrogen (secondary N) is 2. The Bertz CT molecular complexity index is 312. The summed E-state index contributed by atoms with van der Waals surface area (Å²) in [6, 6.07) is 6.44. The van der Waals surface area contributed by atoms with Crippen LogP contribution in [-0.2, 0) is 0 Å². The van der Waals surface area contributed by atoms with E-state index in [1.807, 2.05) is 12.1 Å². The smallest absolute Gasteiger partial charge is 0.0766 e. The molecule has 1 heterocycles. The van der Waals surface area contributed by atoms with Crippen molar-refractivity contribution < 1.29 is 0 Å². The summed E-state index contributed by atoms with van der Waals surface area (Å²) in [5, 5.41) is 7.57. The first-order valence-corrected chi connectivity index (χ1v) is 4.98. The minimum absolute atomic E-state index is 0.519. The molecule has 0 saturated carbocycles. The molecule has 1 aromatic carbocycles. The maximum Gasteiger partial charge on any atom is 0.0766 e. The number of fused-ring (bicyclic) bond motifs is 1. The summed E-state index contributed by atoms with van der Waals surface area (Å²) >= 11 is 6.03. The van der Waals surface area contributed by atoms with E-state index < -0.39 is 0 Å². The lowest BCUT2D eigenvalue weighted by Crippen LogP contribution is -2.32. The lowest BCUT2D eigenvalue weighted by atomic mass is 10.1. The highest BCUT2D eigenvalue weighted by Crippen LogP contribution is 2.33. The Morgan fingerprint density at radius 2 is 2.38 bits per heavy atom. The molecule has 3 heteroatoms. The molecule has 0 amide bonds. The van der Waals surface area contributed by atoms with Gasteiger partial charge in [0.05, 0.1) is 16.4 Å². The molecule has 70 valence electrons. The summed E-state index contributed by atoms with van der Waals surface area (Å²) < 4.78 is 0. The third-order valence-electron chi connectivity index (χ3n) is 2.39. The van der Waals surface area contributed by atoms with Crippen LogP contribution >= 0.6 is 11.6 Å². The molecule has 2 N–H and O–H groups in total. The van der Waals surface area contributed by atoms with Gasteiger partial charge in [0, 0.05) is 12.6 Å². The van der Waals surface area contributed by atoms with Crippen molar-refractivity contribution in [3.63, 3.8) is 0 Å². The molecule has 2 nitrogen and oxygen atoms in total. The molecule has 1 atom stereocenters. The second kappa shape index (κ2) is 3.46. The minimum atomic E-state index is 0.519. The molecule has 13 heavy (non-hydrogen) atoms. The normalized spacial score (nSPS) is 20.0. The Labute approximate surface area is 83.3 Å². The van der Waals surface area contributed by atoms with Gasteiger partial charge in [-0.25, -0.2) is 0 Å². The molecule has 0 aromatic heterocycles. The van der Waals surface area contributed by atoms with E-state index in [1.165, 1.54) is 0 Å².